The molecule has 0 spiro atoms. The molecule has 2 aliphatic rings. The van der Waals surface area contributed by atoms with Crippen LogP contribution in [0.25, 0.3) is 72.6 Å². The number of hydrogen-bond acceptors (Lipinski definition) is 1. The molecule has 12 rings (SSSR count). The minimum atomic E-state index is -0.214. The van der Waals surface area contributed by atoms with E-state index in [9.17, 15) is 0 Å². The fourth-order valence-corrected chi connectivity index (χ4v) is 10.4. The molecule has 0 saturated carbocycles. The van der Waals surface area contributed by atoms with Gasteiger partial charge < -0.3 is 14.0 Å². The smallest absolute Gasteiger partial charge is 0.0722 e. The van der Waals surface area contributed by atoms with Crippen LogP contribution in [0.15, 0.2) is 206 Å². The molecule has 3 heterocycles. The van der Waals surface area contributed by atoms with Crippen LogP contribution in [-0.2, 0) is 11.8 Å². The van der Waals surface area contributed by atoms with Crippen molar-refractivity contribution in [3.05, 3.63) is 229 Å². The lowest BCUT2D eigenvalue weighted by atomic mass is 9.77. The highest BCUT2D eigenvalue weighted by Gasteiger charge is 2.41. The molecular weight excluding hydrogens is 751 g/mol. The van der Waals surface area contributed by atoms with E-state index in [0.717, 1.165) is 29.9 Å². The van der Waals surface area contributed by atoms with E-state index in [0.29, 0.717) is 0 Å². The van der Waals surface area contributed by atoms with Crippen molar-refractivity contribution in [3.63, 3.8) is 0 Å². The Morgan fingerprint density at radius 3 is 1.56 bits per heavy atom. The Labute approximate surface area is 363 Å². The maximum atomic E-state index is 2.61. The molecule has 8 aromatic carbocycles. The first-order chi connectivity index (χ1) is 30.5. The van der Waals surface area contributed by atoms with Crippen molar-refractivity contribution >= 4 is 44.9 Å². The molecule has 3 heteroatoms. The van der Waals surface area contributed by atoms with Gasteiger partial charge in [-0.15, -0.1) is 0 Å². The normalized spacial score (nSPS) is 13.6. The van der Waals surface area contributed by atoms with E-state index >= 15 is 0 Å². The minimum absolute atomic E-state index is 0.214. The van der Waals surface area contributed by atoms with Crippen LogP contribution in [-0.4, -0.2) is 9.13 Å². The standard InChI is InChI=1S/C59H45N3/c1-59(2)53-23-14-22-50-52-39-45(31-38-55(52)62(56(50)53)57-51-21-12-13-24-54(51)61(58(57)59)46-19-10-5-11-20-46)44-29-36-49(37-30-44)60(47-32-25-42(26-33-47)40-15-6-3-7-16-40)48-34-27-43(28-35-48)41-17-8-4-9-18-41/h3-11,13-20,22-39H,12,21H2,1-2H3. The van der Waals surface area contributed by atoms with Crippen molar-refractivity contribution in [2.45, 2.75) is 32.1 Å². The van der Waals surface area contributed by atoms with Crippen molar-refractivity contribution in [1.29, 1.82) is 0 Å². The van der Waals surface area contributed by atoms with Gasteiger partial charge in [-0.3, -0.25) is 0 Å². The number of para-hydroxylation sites is 2. The number of allylic oxidation sites excluding steroid dienone is 1. The molecule has 1 aliphatic heterocycles. The fourth-order valence-electron chi connectivity index (χ4n) is 10.4. The number of nitrogens with zero attached hydrogens (tertiary/aromatic N) is 3. The zero-order valence-corrected chi connectivity index (χ0v) is 35.0. The SMILES string of the molecule is CC1(C)c2cccc3c4cc(-c5ccc(N(c6ccc(-c7ccccc7)cc6)c6ccc(-c7ccccc7)cc6)cc5)ccc4n(c23)-c2c3c(n(-c4ccccc4)c21)C=CCC3. The molecule has 0 radical (unpaired) electrons. The van der Waals surface area contributed by atoms with Gasteiger partial charge in [0.2, 0.25) is 0 Å². The Balaban J connectivity index is 0.966. The zero-order chi connectivity index (χ0) is 41.4. The summed E-state index contributed by atoms with van der Waals surface area (Å²) in [5.41, 5.74) is 21.0. The lowest BCUT2D eigenvalue weighted by Crippen LogP contribution is -2.29. The van der Waals surface area contributed by atoms with Gasteiger partial charge in [0.1, 0.15) is 0 Å². The van der Waals surface area contributed by atoms with Crippen LogP contribution >= 0.6 is 0 Å². The highest BCUT2D eigenvalue weighted by molar-refractivity contribution is 6.13. The maximum absolute atomic E-state index is 2.61. The van der Waals surface area contributed by atoms with Crippen LogP contribution in [0.1, 0.15) is 42.8 Å². The van der Waals surface area contributed by atoms with E-state index in [-0.39, 0.29) is 5.41 Å². The highest BCUT2D eigenvalue weighted by Crippen LogP contribution is 2.52. The molecule has 0 N–H and O–H groups in total. The van der Waals surface area contributed by atoms with Gasteiger partial charge in [-0.2, -0.15) is 0 Å². The van der Waals surface area contributed by atoms with Gasteiger partial charge >= 0.3 is 0 Å². The summed E-state index contributed by atoms with van der Waals surface area (Å²) in [6.07, 6.45) is 6.79. The second-order valence-corrected chi connectivity index (χ2v) is 17.3. The summed E-state index contributed by atoms with van der Waals surface area (Å²) < 4.78 is 5.15. The van der Waals surface area contributed by atoms with Crippen LogP contribution in [0.4, 0.5) is 17.1 Å². The van der Waals surface area contributed by atoms with Gasteiger partial charge in [-0.05, 0) is 119 Å². The van der Waals surface area contributed by atoms with Gasteiger partial charge in [0.05, 0.1) is 28.1 Å². The molecule has 0 fully saturated rings. The molecule has 62 heavy (non-hydrogen) atoms. The first-order valence-corrected chi connectivity index (χ1v) is 21.8. The van der Waals surface area contributed by atoms with E-state index in [1.54, 1.807) is 0 Å². The average Bonchev–Trinajstić information content (AvgIpc) is 3.86. The highest BCUT2D eigenvalue weighted by atomic mass is 15.1. The Morgan fingerprint density at radius 2 is 0.984 bits per heavy atom. The first-order valence-electron chi connectivity index (χ1n) is 21.8. The summed E-state index contributed by atoms with van der Waals surface area (Å²) in [6.45, 7) is 4.84. The van der Waals surface area contributed by atoms with Crippen molar-refractivity contribution in [1.82, 2.24) is 9.13 Å². The van der Waals surface area contributed by atoms with Crippen molar-refractivity contribution in [2.75, 3.05) is 4.90 Å². The quantitative estimate of drug-likeness (QED) is 0.157. The summed E-state index contributed by atoms with van der Waals surface area (Å²) in [6, 6.07) is 73.1. The lowest BCUT2D eigenvalue weighted by Gasteiger charge is -2.34. The van der Waals surface area contributed by atoms with Crippen LogP contribution in [0.5, 0.6) is 0 Å². The van der Waals surface area contributed by atoms with Crippen molar-refractivity contribution in [2.24, 2.45) is 0 Å². The van der Waals surface area contributed by atoms with E-state index in [2.05, 4.69) is 240 Å². The number of fused-ring (bicyclic) bond motifs is 7. The Hall–Kier alpha value is -7.62. The first kappa shape index (κ1) is 36.2. The Kier molecular flexibility index (Phi) is 8.33. The topological polar surface area (TPSA) is 13.1 Å². The van der Waals surface area contributed by atoms with Crippen LogP contribution < -0.4 is 4.90 Å². The molecular formula is C59H45N3. The molecule has 10 aromatic rings. The monoisotopic (exact) mass is 795 g/mol. The number of benzene rings is 8. The van der Waals surface area contributed by atoms with E-state index in [1.165, 1.54) is 89.1 Å². The number of anilines is 3. The molecule has 0 saturated heterocycles. The molecule has 3 nitrogen and oxygen atoms in total. The van der Waals surface area contributed by atoms with Gasteiger partial charge in [0.25, 0.3) is 0 Å². The average molecular weight is 796 g/mol. The second-order valence-electron chi connectivity index (χ2n) is 17.3. The van der Waals surface area contributed by atoms with Gasteiger partial charge in [-0.1, -0.05) is 159 Å². The molecule has 0 amide bonds. The maximum Gasteiger partial charge on any atom is 0.0722 e. The molecule has 0 atom stereocenters. The molecule has 0 bridgehead atoms. The summed E-state index contributed by atoms with van der Waals surface area (Å²) >= 11 is 0. The van der Waals surface area contributed by atoms with E-state index in [4.69, 9.17) is 0 Å². The summed E-state index contributed by atoms with van der Waals surface area (Å²) in [7, 11) is 0. The third-order valence-corrected chi connectivity index (χ3v) is 13.3. The zero-order valence-electron chi connectivity index (χ0n) is 35.0. The summed E-state index contributed by atoms with van der Waals surface area (Å²) in [5, 5.41) is 2.60. The fraction of sp³-hybridized carbons (Fsp3) is 0.0847. The molecule has 2 aromatic heterocycles. The Morgan fingerprint density at radius 1 is 0.468 bits per heavy atom. The summed E-state index contributed by atoms with van der Waals surface area (Å²) in [5.74, 6) is 0. The second kappa shape index (κ2) is 14.2. The van der Waals surface area contributed by atoms with Gasteiger partial charge in [0, 0.05) is 44.5 Å². The largest absolute Gasteiger partial charge is 0.311 e. The lowest BCUT2D eigenvalue weighted by molar-refractivity contribution is 0.592. The third-order valence-electron chi connectivity index (χ3n) is 13.3. The number of hydrogen-bond donors (Lipinski definition) is 0. The van der Waals surface area contributed by atoms with Gasteiger partial charge in [0.15, 0.2) is 0 Å². The van der Waals surface area contributed by atoms with Gasteiger partial charge in [-0.25, -0.2) is 0 Å². The molecule has 0 unspecified atom stereocenters. The van der Waals surface area contributed by atoms with Crippen LogP contribution in [0, 0.1) is 0 Å². The van der Waals surface area contributed by atoms with Crippen LogP contribution in [0.3, 0.4) is 0 Å². The predicted molar refractivity (Wildman–Crippen MR) is 261 cm³/mol. The van der Waals surface area contributed by atoms with Crippen LogP contribution in [0.2, 0.25) is 0 Å². The van der Waals surface area contributed by atoms with E-state index < -0.39 is 0 Å². The van der Waals surface area contributed by atoms with Crippen molar-refractivity contribution < 1.29 is 0 Å². The molecule has 1 aliphatic carbocycles. The van der Waals surface area contributed by atoms with Crippen molar-refractivity contribution in [3.8, 4) is 44.8 Å². The Bertz CT molecular complexity index is 3230. The predicted octanol–water partition coefficient (Wildman–Crippen LogP) is 15.6. The third kappa shape index (κ3) is 5.65. The number of aromatic nitrogens is 2. The number of rotatable bonds is 7. The minimum Gasteiger partial charge on any atom is -0.311 e. The van der Waals surface area contributed by atoms with E-state index in [1.807, 2.05) is 0 Å². The molecule has 296 valence electrons. The summed E-state index contributed by atoms with van der Waals surface area (Å²) in [4.78, 5) is 2.36.